The smallest absolute Gasteiger partial charge is 0.194 e. The molecule has 3 nitrogen and oxygen atoms in total. The molecular weight excluding hydrogens is 246 g/mol. The summed E-state index contributed by atoms with van der Waals surface area (Å²) >= 11 is 5.97. The Hall–Kier alpha value is -1.48. The highest BCUT2D eigenvalue weighted by atomic mass is 35.5. The van der Waals surface area contributed by atoms with Crippen LogP contribution in [0.5, 0.6) is 0 Å². The van der Waals surface area contributed by atoms with Gasteiger partial charge in [-0.15, -0.1) is 6.58 Å². The molecule has 1 rings (SSSR count). The van der Waals surface area contributed by atoms with Crippen molar-refractivity contribution < 1.29 is 0 Å². The Morgan fingerprint density at radius 2 is 2.33 bits per heavy atom. The quantitative estimate of drug-likeness (QED) is 0.504. The monoisotopic (exact) mass is 265 g/mol. The lowest BCUT2D eigenvalue weighted by Gasteiger charge is -2.22. The maximum atomic E-state index is 5.97. The van der Waals surface area contributed by atoms with Crippen LogP contribution in [0.15, 0.2) is 41.9 Å². The number of aliphatic imine (C=N–C) groups is 1. The molecule has 1 aromatic carbocycles. The van der Waals surface area contributed by atoms with Crippen molar-refractivity contribution in [1.29, 1.82) is 0 Å². The average molecular weight is 266 g/mol. The second-order valence-electron chi connectivity index (χ2n) is 3.97. The number of hydrogen-bond acceptors (Lipinski definition) is 1. The molecule has 0 fully saturated rings. The van der Waals surface area contributed by atoms with Gasteiger partial charge in [0.2, 0.25) is 0 Å². The third-order valence-corrected chi connectivity index (χ3v) is 2.61. The molecule has 0 bridgehead atoms. The van der Waals surface area contributed by atoms with Gasteiger partial charge < -0.3 is 10.2 Å². The minimum atomic E-state index is 0.613. The topological polar surface area (TPSA) is 27.6 Å². The van der Waals surface area contributed by atoms with E-state index in [1.807, 2.05) is 25.2 Å². The summed E-state index contributed by atoms with van der Waals surface area (Å²) in [7, 11) is 2.01. The van der Waals surface area contributed by atoms with Crippen LogP contribution in [0.4, 0.5) is 0 Å². The Labute approximate surface area is 114 Å². The maximum absolute atomic E-state index is 5.97. The van der Waals surface area contributed by atoms with E-state index in [9.17, 15) is 0 Å². The highest BCUT2D eigenvalue weighted by Crippen LogP contribution is 2.12. The number of guanidine groups is 1. The predicted molar refractivity (Wildman–Crippen MR) is 79.1 cm³/mol. The van der Waals surface area contributed by atoms with Crippen LogP contribution in [-0.4, -0.2) is 31.0 Å². The first-order valence-corrected chi connectivity index (χ1v) is 6.40. The highest BCUT2D eigenvalue weighted by Gasteiger charge is 2.05. The van der Waals surface area contributed by atoms with Gasteiger partial charge in [-0.2, -0.15) is 0 Å². The largest absolute Gasteiger partial charge is 0.357 e. The minimum Gasteiger partial charge on any atom is -0.357 e. The Kier molecular flexibility index (Phi) is 6.29. The van der Waals surface area contributed by atoms with Crippen LogP contribution in [-0.2, 0) is 6.54 Å². The van der Waals surface area contributed by atoms with Gasteiger partial charge in [0, 0.05) is 25.2 Å². The first-order chi connectivity index (χ1) is 8.67. The summed E-state index contributed by atoms with van der Waals surface area (Å²) in [5.74, 6) is 0.873. The molecule has 1 N–H and O–H groups in total. The second-order valence-corrected chi connectivity index (χ2v) is 4.41. The molecule has 0 aliphatic heterocycles. The normalized spacial score (nSPS) is 11.2. The second kappa shape index (κ2) is 7.77. The molecule has 0 spiro atoms. The number of benzene rings is 1. The van der Waals surface area contributed by atoms with Crippen molar-refractivity contribution in [2.24, 2.45) is 4.99 Å². The number of nitrogens with zero attached hydrogens (tertiary/aromatic N) is 2. The van der Waals surface area contributed by atoms with Gasteiger partial charge in [-0.3, -0.25) is 0 Å². The van der Waals surface area contributed by atoms with Crippen LogP contribution in [0, 0.1) is 0 Å². The molecule has 98 valence electrons. The van der Waals surface area contributed by atoms with Crippen molar-refractivity contribution in [2.45, 2.75) is 13.5 Å². The van der Waals surface area contributed by atoms with Crippen LogP contribution >= 0.6 is 11.6 Å². The van der Waals surface area contributed by atoms with Crippen LogP contribution in [0.2, 0.25) is 5.02 Å². The summed E-state index contributed by atoms with van der Waals surface area (Å²) in [5.41, 5.74) is 1.16. The molecular formula is C14H20ClN3. The Balaban J connectivity index is 2.71. The van der Waals surface area contributed by atoms with Crippen LogP contribution < -0.4 is 5.32 Å². The van der Waals surface area contributed by atoms with Crippen molar-refractivity contribution in [1.82, 2.24) is 10.2 Å². The highest BCUT2D eigenvalue weighted by molar-refractivity contribution is 6.30. The molecule has 0 atom stereocenters. The van der Waals surface area contributed by atoms with E-state index in [-0.39, 0.29) is 0 Å². The zero-order valence-electron chi connectivity index (χ0n) is 11.0. The predicted octanol–water partition coefficient (Wildman–Crippen LogP) is 2.92. The van der Waals surface area contributed by atoms with Gasteiger partial charge in [-0.1, -0.05) is 29.8 Å². The van der Waals surface area contributed by atoms with Crippen molar-refractivity contribution in [2.75, 3.05) is 20.1 Å². The third-order valence-electron chi connectivity index (χ3n) is 2.38. The summed E-state index contributed by atoms with van der Waals surface area (Å²) in [5, 5.41) is 4.01. The van der Waals surface area contributed by atoms with E-state index in [4.69, 9.17) is 11.6 Å². The van der Waals surface area contributed by atoms with E-state index in [0.717, 1.165) is 29.6 Å². The van der Waals surface area contributed by atoms with E-state index >= 15 is 0 Å². The van der Waals surface area contributed by atoms with Gasteiger partial charge in [0.25, 0.3) is 0 Å². The van der Waals surface area contributed by atoms with E-state index in [2.05, 4.69) is 34.8 Å². The van der Waals surface area contributed by atoms with Crippen molar-refractivity contribution >= 4 is 17.6 Å². The van der Waals surface area contributed by atoms with Crippen molar-refractivity contribution in [3.63, 3.8) is 0 Å². The lowest BCUT2D eigenvalue weighted by Crippen LogP contribution is -2.38. The molecule has 0 amide bonds. The molecule has 1 aromatic rings. The SMILES string of the molecule is C=CCN=C(NCC)N(C)Cc1cccc(Cl)c1. The van der Waals surface area contributed by atoms with Crippen LogP contribution in [0.3, 0.4) is 0 Å². The fraction of sp³-hybridized carbons (Fsp3) is 0.357. The van der Waals surface area contributed by atoms with Crippen LogP contribution in [0.25, 0.3) is 0 Å². The molecule has 0 unspecified atom stereocenters. The molecule has 0 aromatic heterocycles. The molecule has 0 aliphatic carbocycles. The Bertz CT molecular complexity index is 415. The fourth-order valence-corrected chi connectivity index (χ4v) is 1.82. The van der Waals surface area contributed by atoms with Gasteiger partial charge in [0.05, 0.1) is 6.54 Å². The molecule has 0 heterocycles. The zero-order valence-corrected chi connectivity index (χ0v) is 11.7. The first kappa shape index (κ1) is 14.6. The Morgan fingerprint density at radius 3 is 2.94 bits per heavy atom. The molecule has 0 saturated heterocycles. The Morgan fingerprint density at radius 1 is 1.56 bits per heavy atom. The standard InChI is InChI=1S/C14H20ClN3/c1-4-9-17-14(16-5-2)18(3)11-12-7-6-8-13(15)10-12/h4,6-8,10H,1,5,9,11H2,2-3H3,(H,16,17). The van der Waals surface area contributed by atoms with Gasteiger partial charge in [0.15, 0.2) is 5.96 Å². The van der Waals surface area contributed by atoms with Crippen LogP contribution in [0.1, 0.15) is 12.5 Å². The maximum Gasteiger partial charge on any atom is 0.194 e. The van der Waals surface area contributed by atoms with E-state index in [1.165, 1.54) is 0 Å². The summed E-state index contributed by atoms with van der Waals surface area (Å²) in [4.78, 5) is 6.50. The van der Waals surface area contributed by atoms with E-state index in [0.29, 0.717) is 6.54 Å². The zero-order chi connectivity index (χ0) is 13.4. The molecule has 0 aliphatic rings. The van der Waals surface area contributed by atoms with Gasteiger partial charge >= 0.3 is 0 Å². The summed E-state index contributed by atoms with van der Waals surface area (Å²) in [6.07, 6.45) is 1.78. The van der Waals surface area contributed by atoms with E-state index < -0.39 is 0 Å². The fourth-order valence-electron chi connectivity index (χ4n) is 1.60. The van der Waals surface area contributed by atoms with Gasteiger partial charge in [-0.05, 0) is 24.6 Å². The van der Waals surface area contributed by atoms with E-state index in [1.54, 1.807) is 6.08 Å². The molecule has 4 heteroatoms. The number of hydrogen-bond donors (Lipinski definition) is 1. The van der Waals surface area contributed by atoms with Gasteiger partial charge in [-0.25, -0.2) is 4.99 Å². The molecule has 0 saturated carbocycles. The van der Waals surface area contributed by atoms with Crippen molar-refractivity contribution in [3.8, 4) is 0 Å². The van der Waals surface area contributed by atoms with Gasteiger partial charge in [0.1, 0.15) is 0 Å². The third kappa shape index (κ3) is 4.80. The lowest BCUT2D eigenvalue weighted by molar-refractivity contribution is 0.478. The number of halogens is 1. The number of nitrogens with one attached hydrogen (secondary N) is 1. The molecule has 18 heavy (non-hydrogen) atoms. The summed E-state index contributed by atoms with van der Waals surface area (Å²) in [6, 6.07) is 7.86. The average Bonchev–Trinajstić information content (AvgIpc) is 2.34. The number of rotatable bonds is 5. The summed E-state index contributed by atoms with van der Waals surface area (Å²) in [6.45, 7) is 7.95. The molecule has 0 radical (unpaired) electrons. The lowest BCUT2D eigenvalue weighted by atomic mass is 10.2. The van der Waals surface area contributed by atoms with Crippen molar-refractivity contribution in [3.05, 3.63) is 47.5 Å². The minimum absolute atomic E-state index is 0.613. The summed E-state index contributed by atoms with van der Waals surface area (Å²) < 4.78 is 0. The first-order valence-electron chi connectivity index (χ1n) is 6.02.